The largest absolute Gasteiger partial charge is 0.382 e. The Morgan fingerprint density at radius 1 is 1.41 bits per heavy atom. The van der Waals surface area contributed by atoms with Crippen molar-refractivity contribution in [1.29, 1.82) is 0 Å². The molecule has 0 N–H and O–H groups in total. The number of amidine groups is 1. The molecule has 1 aromatic heterocycles. The molecule has 0 bridgehead atoms. The van der Waals surface area contributed by atoms with Crippen molar-refractivity contribution in [3.05, 3.63) is 27.6 Å². The van der Waals surface area contributed by atoms with Crippen LogP contribution in [-0.2, 0) is 14.8 Å². The topological polar surface area (TPSA) is 70.1 Å². The van der Waals surface area contributed by atoms with Crippen molar-refractivity contribution in [3.8, 4) is 0 Å². The van der Waals surface area contributed by atoms with Crippen molar-refractivity contribution in [3.63, 3.8) is 0 Å². The Kier molecular flexibility index (Phi) is 5.21. The molecular weight excluding hydrogens is 366 g/mol. The van der Waals surface area contributed by atoms with Gasteiger partial charge in [-0.2, -0.15) is 8.42 Å². The molecule has 0 unspecified atom stereocenters. The van der Waals surface area contributed by atoms with Crippen molar-refractivity contribution < 1.29 is 13.2 Å². The molecule has 2 rings (SSSR count). The van der Waals surface area contributed by atoms with E-state index in [0.29, 0.717) is 15.8 Å². The molecule has 0 radical (unpaired) electrons. The van der Waals surface area contributed by atoms with Gasteiger partial charge < -0.3 is 4.90 Å². The van der Waals surface area contributed by atoms with E-state index in [1.807, 2.05) is 0 Å². The minimum absolute atomic E-state index is 0.0548. The number of hydrogen-bond acceptors (Lipinski definition) is 6. The number of amides is 1. The van der Waals surface area contributed by atoms with Crippen LogP contribution in [0.25, 0.3) is 0 Å². The first kappa shape index (κ1) is 17.3. The Hall–Kier alpha value is -1.03. The molecule has 1 fully saturated rings. The summed E-state index contributed by atoms with van der Waals surface area (Å²) in [4.78, 5) is 15.7. The van der Waals surface area contributed by atoms with Crippen LogP contribution in [0.1, 0.15) is 6.92 Å². The van der Waals surface area contributed by atoms with Crippen LogP contribution in [0.5, 0.6) is 0 Å². The summed E-state index contributed by atoms with van der Waals surface area (Å²) in [7, 11) is -0.298. The molecule has 1 amide bonds. The van der Waals surface area contributed by atoms with Gasteiger partial charge in [0.1, 0.15) is 4.21 Å². The lowest BCUT2D eigenvalue weighted by Crippen LogP contribution is -2.29. The molecule has 1 aliphatic heterocycles. The molecule has 10 heteroatoms. The second-order valence-corrected chi connectivity index (χ2v) is 9.07. The maximum Gasteiger partial charge on any atom is 0.294 e. The molecule has 120 valence electrons. The predicted molar refractivity (Wildman–Crippen MR) is 90.7 cm³/mol. The fraction of sp³-hybridized carbons (Fsp3) is 0.333. The second-order valence-electron chi connectivity index (χ2n) is 4.52. The Morgan fingerprint density at radius 3 is 2.59 bits per heavy atom. The molecule has 0 aromatic carbocycles. The van der Waals surface area contributed by atoms with Crippen LogP contribution in [-0.4, -0.2) is 49.9 Å². The van der Waals surface area contributed by atoms with Crippen LogP contribution in [0.15, 0.2) is 31.8 Å². The van der Waals surface area contributed by atoms with E-state index < -0.39 is 10.0 Å². The van der Waals surface area contributed by atoms with Gasteiger partial charge in [0.05, 0.1) is 9.24 Å². The highest BCUT2D eigenvalue weighted by molar-refractivity contribution is 8.19. The van der Waals surface area contributed by atoms with E-state index in [-0.39, 0.29) is 15.3 Å². The molecule has 6 nitrogen and oxygen atoms in total. The van der Waals surface area contributed by atoms with E-state index in [4.69, 9.17) is 11.6 Å². The second kappa shape index (κ2) is 6.61. The molecule has 2 heterocycles. The molecule has 1 saturated heterocycles. The highest BCUT2D eigenvalue weighted by Crippen LogP contribution is 2.33. The van der Waals surface area contributed by atoms with E-state index in [1.165, 1.54) is 17.0 Å². The maximum absolute atomic E-state index is 12.3. The van der Waals surface area contributed by atoms with Crippen LogP contribution < -0.4 is 0 Å². The van der Waals surface area contributed by atoms with Crippen LogP contribution in [0.3, 0.4) is 0 Å². The Morgan fingerprint density at radius 2 is 2.09 bits per heavy atom. The number of nitrogens with zero attached hydrogens (tertiary/aromatic N) is 3. The molecule has 1 aromatic rings. The smallest absolute Gasteiger partial charge is 0.294 e. The minimum atomic E-state index is -3.87. The zero-order chi connectivity index (χ0) is 16.5. The number of sulfonamides is 1. The summed E-state index contributed by atoms with van der Waals surface area (Å²) in [5.41, 5.74) is 0. The van der Waals surface area contributed by atoms with Gasteiger partial charge in [-0.15, -0.1) is 15.7 Å². The fourth-order valence-corrected chi connectivity index (χ4v) is 5.44. The first-order valence-electron chi connectivity index (χ1n) is 6.23. The standard InChI is InChI=1S/C12H14ClN3O3S3/c1-4-16-11(17)8(7-15(2)3)20-12(16)14-22(18,19)10-6-5-9(13)21-10/h5-7H,4H2,1-3H3/b8-7+,14-12+. The number of rotatable bonds is 4. The van der Waals surface area contributed by atoms with Crippen LogP contribution in [0, 0.1) is 0 Å². The highest BCUT2D eigenvalue weighted by atomic mass is 35.5. The fourth-order valence-electron chi connectivity index (χ4n) is 1.66. The number of hydrogen-bond donors (Lipinski definition) is 0. The SMILES string of the molecule is CCN1C(=O)/C(=C\N(C)C)S/C1=N/S(=O)(=O)c1ccc(Cl)s1. The van der Waals surface area contributed by atoms with E-state index in [1.54, 1.807) is 32.1 Å². The van der Waals surface area contributed by atoms with Gasteiger partial charge in [0.15, 0.2) is 5.17 Å². The summed E-state index contributed by atoms with van der Waals surface area (Å²) < 4.78 is 28.8. The molecule has 22 heavy (non-hydrogen) atoms. The third-order valence-electron chi connectivity index (χ3n) is 2.58. The summed E-state index contributed by atoms with van der Waals surface area (Å²) in [6.45, 7) is 2.11. The average Bonchev–Trinajstić information content (AvgIpc) is 2.95. The predicted octanol–water partition coefficient (Wildman–Crippen LogP) is 2.44. The molecular formula is C12H14ClN3O3S3. The first-order chi connectivity index (χ1) is 10.2. The summed E-state index contributed by atoms with van der Waals surface area (Å²) in [5, 5.41) is 0.158. The maximum atomic E-state index is 12.3. The number of halogens is 1. The Labute approximate surface area is 142 Å². The lowest BCUT2D eigenvalue weighted by atomic mass is 10.4. The van der Waals surface area contributed by atoms with Gasteiger partial charge in [-0.05, 0) is 30.8 Å². The number of likely N-dealkylation sites (N-methyl/N-ethyl adjacent to an activating group) is 1. The van der Waals surface area contributed by atoms with Gasteiger partial charge in [-0.1, -0.05) is 11.6 Å². The number of thiophene rings is 1. The van der Waals surface area contributed by atoms with Gasteiger partial charge in [0, 0.05) is 26.8 Å². The van der Waals surface area contributed by atoms with Gasteiger partial charge in [-0.25, -0.2) is 0 Å². The monoisotopic (exact) mass is 379 g/mol. The Balaban J connectivity index is 2.40. The molecule has 0 atom stereocenters. The van der Waals surface area contributed by atoms with Gasteiger partial charge in [-0.3, -0.25) is 9.69 Å². The zero-order valence-electron chi connectivity index (χ0n) is 12.1. The number of carbonyl (C=O) groups is 1. The third-order valence-corrected chi connectivity index (χ3v) is 6.66. The minimum Gasteiger partial charge on any atom is -0.382 e. The van der Waals surface area contributed by atoms with E-state index >= 15 is 0 Å². The molecule has 0 saturated carbocycles. The van der Waals surface area contributed by atoms with Gasteiger partial charge in [0.2, 0.25) is 0 Å². The summed E-state index contributed by atoms with van der Waals surface area (Å²) in [6.07, 6.45) is 1.65. The van der Waals surface area contributed by atoms with Crippen molar-refractivity contribution in [2.24, 2.45) is 4.40 Å². The molecule has 0 spiro atoms. The number of carbonyl (C=O) groups excluding carboxylic acids is 1. The van der Waals surface area contributed by atoms with Crippen molar-refractivity contribution in [2.75, 3.05) is 20.6 Å². The van der Waals surface area contributed by atoms with E-state index in [2.05, 4.69) is 4.40 Å². The summed E-state index contributed by atoms with van der Waals surface area (Å²) in [6, 6.07) is 2.90. The van der Waals surface area contributed by atoms with Crippen molar-refractivity contribution in [1.82, 2.24) is 9.80 Å². The van der Waals surface area contributed by atoms with Gasteiger partial charge >= 0.3 is 0 Å². The quantitative estimate of drug-likeness (QED) is 0.751. The summed E-state index contributed by atoms with van der Waals surface area (Å²) in [5.74, 6) is -0.251. The average molecular weight is 380 g/mol. The number of thioether (sulfide) groups is 1. The Bertz CT molecular complexity index is 753. The summed E-state index contributed by atoms with van der Waals surface area (Å²) >= 11 is 7.74. The van der Waals surface area contributed by atoms with Crippen molar-refractivity contribution >= 4 is 55.8 Å². The van der Waals surface area contributed by atoms with Crippen LogP contribution >= 0.6 is 34.7 Å². The van der Waals surface area contributed by atoms with Crippen LogP contribution in [0.4, 0.5) is 0 Å². The van der Waals surface area contributed by atoms with Gasteiger partial charge in [0.25, 0.3) is 15.9 Å². The van der Waals surface area contributed by atoms with Crippen LogP contribution in [0.2, 0.25) is 4.34 Å². The lowest BCUT2D eigenvalue weighted by Gasteiger charge is -2.11. The highest BCUT2D eigenvalue weighted by Gasteiger charge is 2.34. The molecule has 0 aliphatic carbocycles. The molecule has 1 aliphatic rings. The first-order valence-corrected chi connectivity index (χ1v) is 9.68. The normalized spacial score (nSPS) is 19.5. The van der Waals surface area contributed by atoms with Crippen molar-refractivity contribution in [2.45, 2.75) is 11.1 Å². The van der Waals surface area contributed by atoms with E-state index in [9.17, 15) is 13.2 Å². The van der Waals surface area contributed by atoms with E-state index in [0.717, 1.165) is 23.1 Å². The lowest BCUT2D eigenvalue weighted by molar-refractivity contribution is -0.122. The third kappa shape index (κ3) is 3.65. The zero-order valence-corrected chi connectivity index (χ0v) is 15.3.